The van der Waals surface area contributed by atoms with Crippen LogP contribution in [0.1, 0.15) is 19.4 Å². The molecular formula is C15H18ClN3O. The van der Waals surface area contributed by atoms with Gasteiger partial charge in [-0.1, -0.05) is 17.7 Å². The number of hydrogen-bond acceptors (Lipinski definition) is 4. The molecule has 0 radical (unpaired) electrons. The highest BCUT2D eigenvalue weighted by Crippen LogP contribution is 2.24. The van der Waals surface area contributed by atoms with Crippen LogP contribution in [0.25, 0.3) is 0 Å². The summed E-state index contributed by atoms with van der Waals surface area (Å²) >= 11 is 5.88. The van der Waals surface area contributed by atoms with Gasteiger partial charge in [-0.15, -0.1) is 0 Å². The van der Waals surface area contributed by atoms with Crippen LogP contribution in [-0.2, 0) is 6.54 Å². The lowest BCUT2D eigenvalue weighted by Crippen LogP contribution is -2.11. The molecule has 1 aromatic carbocycles. The zero-order valence-corrected chi connectivity index (χ0v) is 12.3. The number of rotatable bonds is 5. The molecule has 0 aliphatic rings. The molecule has 2 rings (SSSR count). The first-order chi connectivity index (χ1) is 9.56. The Labute approximate surface area is 123 Å². The van der Waals surface area contributed by atoms with Crippen LogP contribution in [0.15, 0.2) is 36.5 Å². The van der Waals surface area contributed by atoms with Crippen LogP contribution in [0.5, 0.6) is 5.88 Å². The van der Waals surface area contributed by atoms with E-state index in [2.05, 4.69) is 10.3 Å². The zero-order chi connectivity index (χ0) is 14.5. The lowest BCUT2D eigenvalue weighted by molar-refractivity contribution is 0.230. The number of nitrogen functional groups attached to an aromatic ring is 1. The van der Waals surface area contributed by atoms with Gasteiger partial charge < -0.3 is 15.8 Å². The molecule has 2 aromatic rings. The third kappa shape index (κ3) is 3.78. The van der Waals surface area contributed by atoms with Crippen LogP contribution in [0.3, 0.4) is 0 Å². The molecule has 0 unspecified atom stereocenters. The smallest absolute Gasteiger partial charge is 0.218 e. The fourth-order valence-corrected chi connectivity index (χ4v) is 1.95. The van der Waals surface area contributed by atoms with Gasteiger partial charge in [-0.3, -0.25) is 0 Å². The molecule has 0 bridgehead atoms. The Morgan fingerprint density at radius 3 is 2.85 bits per heavy atom. The second-order valence-corrected chi connectivity index (χ2v) is 5.16. The normalized spacial score (nSPS) is 10.6. The lowest BCUT2D eigenvalue weighted by Gasteiger charge is -2.14. The molecule has 0 fully saturated rings. The third-order valence-corrected chi connectivity index (χ3v) is 2.92. The van der Waals surface area contributed by atoms with Crippen molar-refractivity contribution >= 4 is 23.0 Å². The monoisotopic (exact) mass is 291 g/mol. The molecule has 20 heavy (non-hydrogen) atoms. The topological polar surface area (TPSA) is 60.2 Å². The van der Waals surface area contributed by atoms with E-state index in [0.717, 1.165) is 11.3 Å². The summed E-state index contributed by atoms with van der Waals surface area (Å²) in [5.41, 5.74) is 8.35. The molecule has 5 heteroatoms. The minimum absolute atomic E-state index is 0.0873. The Bertz CT molecular complexity index is 587. The molecule has 0 aliphatic heterocycles. The molecule has 4 nitrogen and oxygen atoms in total. The van der Waals surface area contributed by atoms with E-state index in [1.165, 1.54) is 0 Å². The van der Waals surface area contributed by atoms with E-state index < -0.39 is 0 Å². The number of nitrogens with one attached hydrogen (secondary N) is 1. The predicted molar refractivity (Wildman–Crippen MR) is 83.2 cm³/mol. The Kier molecular flexibility index (Phi) is 4.69. The van der Waals surface area contributed by atoms with Crippen LogP contribution >= 0.6 is 11.6 Å². The van der Waals surface area contributed by atoms with Crippen LogP contribution < -0.4 is 15.8 Å². The Morgan fingerprint density at radius 2 is 2.15 bits per heavy atom. The number of anilines is 2. The van der Waals surface area contributed by atoms with Crippen molar-refractivity contribution in [3.05, 3.63) is 47.1 Å². The van der Waals surface area contributed by atoms with E-state index in [1.807, 2.05) is 32.0 Å². The minimum atomic E-state index is 0.0873. The van der Waals surface area contributed by atoms with Crippen LogP contribution in [0, 0.1) is 0 Å². The van der Waals surface area contributed by atoms with Crippen molar-refractivity contribution < 1.29 is 4.74 Å². The molecule has 0 spiro atoms. The molecule has 0 amide bonds. The number of halogens is 1. The first-order valence-electron chi connectivity index (χ1n) is 6.45. The zero-order valence-electron chi connectivity index (χ0n) is 11.6. The van der Waals surface area contributed by atoms with Crippen molar-refractivity contribution in [1.29, 1.82) is 0 Å². The van der Waals surface area contributed by atoms with Crippen molar-refractivity contribution in [2.75, 3.05) is 11.1 Å². The van der Waals surface area contributed by atoms with E-state index >= 15 is 0 Å². The van der Waals surface area contributed by atoms with Crippen LogP contribution in [-0.4, -0.2) is 11.1 Å². The van der Waals surface area contributed by atoms with E-state index in [9.17, 15) is 0 Å². The van der Waals surface area contributed by atoms with E-state index in [-0.39, 0.29) is 6.10 Å². The number of pyridine rings is 1. The molecule has 1 aromatic heterocycles. The Morgan fingerprint density at radius 1 is 1.35 bits per heavy atom. The van der Waals surface area contributed by atoms with Crippen molar-refractivity contribution in [3.63, 3.8) is 0 Å². The number of nitrogens with zero attached hydrogens (tertiary/aromatic N) is 1. The van der Waals surface area contributed by atoms with Gasteiger partial charge in [-0.25, -0.2) is 4.98 Å². The number of hydrogen-bond donors (Lipinski definition) is 2. The molecule has 3 N–H and O–H groups in total. The number of ether oxygens (including phenoxy) is 1. The van der Waals surface area contributed by atoms with Crippen molar-refractivity contribution in [2.45, 2.75) is 26.5 Å². The largest absolute Gasteiger partial charge is 0.475 e. The first kappa shape index (κ1) is 14.5. The van der Waals surface area contributed by atoms with Gasteiger partial charge in [0.2, 0.25) is 5.88 Å². The lowest BCUT2D eigenvalue weighted by atomic mass is 10.2. The average Bonchev–Trinajstić information content (AvgIpc) is 2.39. The van der Waals surface area contributed by atoms with Crippen molar-refractivity contribution in [1.82, 2.24) is 4.98 Å². The molecule has 106 valence electrons. The number of nitrogens with two attached hydrogens (primary N) is 1. The van der Waals surface area contributed by atoms with Gasteiger partial charge in [0.05, 0.1) is 17.5 Å². The number of aromatic nitrogens is 1. The van der Waals surface area contributed by atoms with Crippen molar-refractivity contribution in [3.8, 4) is 5.88 Å². The van der Waals surface area contributed by atoms with Gasteiger partial charge in [0.1, 0.15) is 0 Å². The molecule has 0 aliphatic carbocycles. The summed E-state index contributed by atoms with van der Waals surface area (Å²) < 4.78 is 5.68. The minimum Gasteiger partial charge on any atom is -0.475 e. The second-order valence-electron chi connectivity index (χ2n) is 4.72. The third-order valence-electron chi connectivity index (χ3n) is 2.68. The highest BCUT2D eigenvalue weighted by Gasteiger charge is 2.07. The summed E-state index contributed by atoms with van der Waals surface area (Å²) in [5, 5.41) is 3.89. The summed E-state index contributed by atoms with van der Waals surface area (Å²) in [4.78, 5) is 4.25. The molecular weight excluding hydrogens is 274 g/mol. The maximum Gasteiger partial charge on any atom is 0.218 e. The Balaban J connectivity index is 2.10. The van der Waals surface area contributed by atoms with Gasteiger partial charge >= 0.3 is 0 Å². The van der Waals surface area contributed by atoms with E-state index in [1.54, 1.807) is 18.3 Å². The maximum absolute atomic E-state index is 5.91. The molecule has 0 saturated carbocycles. The average molecular weight is 292 g/mol. The maximum atomic E-state index is 5.91. The molecule has 0 saturated heterocycles. The first-order valence-corrected chi connectivity index (χ1v) is 6.83. The highest BCUT2D eigenvalue weighted by molar-refractivity contribution is 6.31. The number of benzene rings is 1. The van der Waals surface area contributed by atoms with Gasteiger partial charge in [0.15, 0.2) is 0 Å². The van der Waals surface area contributed by atoms with E-state index in [0.29, 0.717) is 23.1 Å². The van der Waals surface area contributed by atoms with Gasteiger partial charge in [-0.05, 0) is 38.1 Å². The summed E-state index contributed by atoms with van der Waals surface area (Å²) in [6, 6.07) is 9.24. The van der Waals surface area contributed by atoms with Crippen molar-refractivity contribution in [2.24, 2.45) is 0 Å². The molecule has 1 heterocycles. The van der Waals surface area contributed by atoms with Gasteiger partial charge in [-0.2, -0.15) is 0 Å². The Hall–Kier alpha value is -1.94. The van der Waals surface area contributed by atoms with E-state index in [4.69, 9.17) is 22.1 Å². The predicted octanol–water partition coefficient (Wildman–Crippen LogP) is 3.72. The fourth-order valence-electron chi connectivity index (χ4n) is 1.77. The highest BCUT2D eigenvalue weighted by atomic mass is 35.5. The molecule has 0 atom stereocenters. The fraction of sp³-hybridized carbons (Fsp3) is 0.267. The standard InChI is InChI=1S/C15H18ClN3O/c1-10(2)20-15-11(4-3-7-18-15)9-19-14-6-5-12(16)8-13(14)17/h3-8,10,19H,9,17H2,1-2H3. The summed E-state index contributed by atoms with van der Waals surface area (Å²) in [5.74, 6) is 0.641. The van der Waals surface area contributed by atoms with Gasteiger partial charge in [0.25, 0.3) is 0 Å². The van der Waals surface area contributed by atoms with Crippen LogP contribution in [0.4, 0.5) is 11.4 Å². The quantitative estimate of drug-likeness (QED) is 0.824. The second kappa shape index (κ2) is 6.48. The van der Waals surface area contributed by atoms with Gasteiger partial charge in [0, 0.05) is 23.3 Å². The summed E-state index contributed by atoms with van der Waals surface area (Å²) in [7, 11) is 0. The summed E-state index contributed by atoms with van der Waals surface area (Å²) in [6.07, 6.45) is 1.81. The van der Waals surface area contributed by atoms with Crippen LogP contribution in [0.2, 0.25) is 5.02 Å². The summed E-state index contributed by atoms with van der Waals surface area (Å²) in [6.45, 7) is 4.54. The SMILES string of the molecule is CC(C)Oc1ncccc1CNc1ccc(Cl)cc1N.